The Bertz CT molecular complexity index is 4160. The van der Waals surface area contributed by atoms with Crippen molar-refractivity contribution in [1.29, 1.82) is 0 Å². The van der Waals surface area contributed by atoms with Crippen molar-refractivity contribution in [3.8, 4) is 55.6 Å². The van der Waals surface area contributed by atoms with Crippen LogP contribution in [0.15, 0.2) is 231 Å². The highest BCUT2D eigenvalue weighted by Gasteiger charge is 2.37. The largest absolute Gasteiger partial charge is 0.0616 e. The number of fused-ring (bicyclic) bond motifs is 14. The molecule has 0 nitrogen and oxygen atoms in total. The van der Waals surface area contributed by atoms with Crippen molar-refractivity contribution in [3.05, 3.63) is 242 Å². The molecule has 0 atom stereocenters. The maximum atomic E-state index is 2.52. The number of hydrogen-bond acceptors (Lipinski definition) is 0. The molecule has 0 spiro atoms. The van der Waals surface area contributed by atoms with Gasteiger partial charge in [-0.1, -0.05) is 220 Å². The lowest BCUT2D eigenvalue weighted by molar-refractivity contribution is 0.662. The van der Waals surface area contributed by atoms with Crippen LogP contribution in [0.4, 0.5) is 0 Å². The highest BCUT2D eigenvalue weighted by molar-refractivity contribution is 6.27. The molecule has 0 radical (unpaired) electrons. The summed E-state index contributed by atoms with van der Waals surface area (Å²) < 4.78 is 0. The summed E-state index contributed by atoms with van der Waals surface area (Å²) in [6.07, 6.45) is 0. The molecule has 14 rings (SSSR count). The lowest BCUT2D eigenvalue weighted by Gasteiger charge is -2.22. The molecule has 0 N–H and O–H groups in total. The molecule has 0 amide bonds. The van der Waals surface area contributed by atoms with Crippen LogP contribution in [0.5, 0.6) is 0 Å². The van der Waals surface area contributed by atoms with Crippen LogP contribution in [0, 0.1) is 0 Å². The molecule has 0 bridgehead atoms. The van der Waals surface area contributed by atoms with Crippen molar-refractivity contribution < 1.29 is 0 Å². The minimum Gasteiger partial charge on any atom is -0.0616 e. The standard InChI is InChI=1S/C67H44/c1-67(2)62-36-34-43-16-4-6-21-50(43)66(62)61-39-59-52-23-8-7-22-51(52)58-38-45(33-35-53(58)60(59)40-63(61)67)41-29-31-44(32-30-41)64-54-24-9-11-26-56(54)65(57-27-12-10-25-55(57)64)47-19-13-18-46(37-47)49-28-14-17-42-15-3-5-20-48(42)49/h3-40H,1-2H3. The monoisotopic (exact) mass is 848 g/mol. The van der Waals surface area contributed by atoms with Crippen molar-refractivity contribution in [2.24, 2.45) is 0 Å². The number of rotatable bonds is 4. The molecule has 312 valence electrons. The van der Waals surface area contributed by atoms with Crippen LogP contribution in [-0.4, -0.2) is 0 Å². The van der Waals surface area contributed by atoms with E-state index in [0.29, 0.717) is 0 Å². The molecule has 13 aromatic rings. The second-order valence-corrected chi connectivity index (χ2v) is 19.1. The van der Waals surface area contributed by atoms with Gasteiger partial charge >= 0.3 is 0 Å². The van der Waals surface area contributed by atoms with Gasteiger partial charge in [-0.15, -0.1) is 0 Å². The molecule has 0 aliphatic heterocycles. The summed E-state index contributed by atoms with van der Waals surface area (Å²) in [5, 5.41) is 18.0. The highest BCUT2D eigenvalue weighted by atomic mass is 14.4. The van der Waals surface area contributed by atoms with E-state index in [2.05, 4.69) is 244 Å². The molecule has 13 aromatic carbocycles. The molecular formula is C67H44. The van der Waals surface area contributed by atoms with Gasteiger partial charge in [-0.3, -0.25) is 0 Å². The first-order valence-electron chi connectivity index (χ1n) is 23.6. The third kappa shape index (κ3) is 5.60. The summed E-state index contributed by atoms with van der Waals surface area (Å²) in [7, 11) is 0. The minimum absolute atomic E-state index is 0.108. The van der Waals surface area contributed by atoms with Gasteiger partial charge in [-0.05, 0) is 166 Å². The second kappa shape index (κ2) is 14.3. The molecule has 0 saturated carbocycles. The first kappa shape index (κ1) is 38.0. The van der Waals surface area contributed by atoms with E-state index in [4.69, 9.17) is 0 Å². The Morgan fingerprint density at radius 2 is 0.701 bits per heavy atom. The second-order valence-electron chi connectivity index (χ2n) is 19.1. The molecule has 0 heterocycles. The van der Waals surface area contributed by atoms with Crippen LogP contribution in [0.3, 0.4) is 0 Å². The summed E-state index contributed by atoms with van der Waals surface area (Å²) >= 11 is 0. The first-order valence-corrected chi connectivity index (χ1v) is 23.6. The third-order valence-electron chi connectivity index (χ3n) is 15.2. The number of hydrogen-bond donors (Lipinski definition) is 0. The van der Waals surface area contributed by atoms with Crippen molar-refractivity contribution >= 4 is 75.4 Å². The van der Waals surface area contributed by atoms with Gasteiger partial charge in [0.2, 0.25) is 0 Å². The first-order chi connectivity index (χ1) is 33.0. The van der Waals surface area contributed by atoms with E-state index in [1.165, 1.54) is 142 Å². The Labute approximate surface area is 390 Å². The predicted molar refractivity (Wildman–Crippen MR) is 288 cm³/mol. The van der Waals surface area contributed by atoms with E-state index >= 15 is 0 Å². The summed E-state index contributed by atoms with van der Waals surface area (Å²) in [5.41, 5.74) is 15.4. The fourth-order valence-electron chi connectivity index (χ4n) is 12.0. The maximum absolute atomic E-state index is 2.52. The molecule has 67 heavy (non-hydrogen) atoms. The molecular weight excluding hydrogens is 805 g/mol. The smallest absolute Gasteiger partial charge is 0.0159 e. The van der Waals surface area contributed by atoms with Crippen LogP contribution >= 0.6 is 0 Å². The van der Waals surface area contributed by atoms with Gasteiger partial charge in [-0.25, -0.2) is 0 Å². The molecule has 0 heteroatoms. The fraction of sp³-hybridized carbons (Fsp3) is 0.0448. The third-order valence-corrected chi connectivity index (χ3v) is 15.2. The molecule has 1 aliphatic carbocycles. The Morgan fingerprint density at radius 1 is 0.224 bits per heavy atom. The van der Waals surface area contributed by atoms with Gasteiger partial charge in [0.15, 0.2) is 0 Å². The van der Waals surface area contributed by atoms with Crippen LogP contribution in [0.2, 0.25) is 0 Å². The van der Waals surface area contributed by atoms with E-state index in [1.54, 1.807) is 0 Å². The van der Waals surface area contributed by atoms with E-state index in [1.807, 2.05) is 0 Å². The van der Waals surface area contributed by atoms with Crippen molar-refractivity contribution in [2.75, 3.05) is 0 Å². The molecule has 0 fully saturated rings. The van der Waals surface area contributed by atoms with Crippen molar-refractivity contribution in [3.63, 3.8) is 0 Å². The average molecular weight is 849 g/mol. The van der Waals surface area contributed by atoms with E-state index in [-0.39, 0.29) is 5.41 Å². The van der Waals surface area contributed by atoms with E-state index < -0.39 is 0 Å². The van der Waals surface area contributed by atoms with Gasteiger partial charge in [0.05, 0.1) is 0 Å². The molecule has 0 unspecified atom stereocenters. The zero-order valence-corrected chi connectivity index (χ0v) is 37.4. The van der Waals surface area contributed by atoms with E-state index in [0.717, 1.165) is 0 Å². The molecule has 1 aliphatic rings. The van der Waals surface area contributed by atoms with Crippen LogP contribution in [-0.2, 0) is 5.41 Å². The lowest BCUT2D eigenvalue weighted by atomic mass is 9.81. The summed E-state index contributed by atoms with van der Waals surface area (Å²) in [4.78, 5) is 0. The van der Waals surface area contributed by atoms with Gasteiger partial charge in [0.1, 0.15) is 0 Å². The Balaban J connectivity index is 0.897. The Kier molecular flexibility index (Phi) is 8.13. The van der Waals surface area contributed by atoms with E-state index in [9.17, 15) is 0 Å². The van der Waals surface area contributed by atoms with Crippen molar-refractivity contribution in [2.45, 2.75) is 19.3 Å². The van der Waals surface area contributed by atoms with Crippen LogP contribution < -0.4 is 0 Å². The quantitative estimate of drug-likeness (QED) is 0.122. The normalized spacial score (nSPS) is 13.0. The van der Waals surface area contributed by atoms with Crippen LogP contribution in [0.25, 0.3) is 131 Å². The SMILES string of the molecule is CC1(C)c2cc3c4ccc(-c5ccc(-c6c7ccccc7c(-c7cccc(-c8cccc9ccccc89)c7)c7ccccc67)cc5)cc4c4ccccc4c3cc2-c2c1ccc1ccccc21. The molecule has 0 aromatic heterocycles. The fourth-order valence-corrected chi connectivity index (χ4v) is 12.0. The minimum atomic E-state index is -0.108. The van der Waals surface area contributed by atoms with Crippen molar-refractivity contribution in [1.82, 2.24) is 0 Å². The van der Waals surface area contributed by atoms with Gasteiger partial charge < -0.3 is 0 Å². The summed E-state index contributed by atoms with van der Waals surface area (Å²) in [6, 6.07) is 86.4. The maximum Gasteiger partial charge on any atom is 0.0159 e. The zero-order valence-electron chi connectivity index (χ0n) is 37.4. The molecule has 0 saturated heterocycles. The predicted octanol–water partition coefficient (Wildman–Crippen LogP) is 18.7. The lowest BCUT2D eigenvalue weighted by Crippen LogP contribution is -2.14. The summed E-state index contributed by atoms with van der Waals surface area (Å²) in [6.45, 7) is 4.80. The van der Waals surface area contributed by atoms with Gasteiger partial charge in [0.25, 0.3) is 0 Å². The van der Waals surface area contributed by atoms with Gasteiger partial charge in [0, 0.05) is 5.41 Å². The Hall–Kier alpha value is -8.32. The average Bonchev–Trinajstić information content (AvgIpc) is 3.62. The Morgan fingerprint density at radius 3 is 1.39 bits per heavy atom. The topological polar surface area (TPSA) is 0 Å². The summed E-state index contributed by atoms with van der Waals surface area (Å²) in [5.74, 6) is 0. The zero-order chi connectivity index (χ0) is 44.4. The number of benzene rings is 13. The van der Waals surface area contributed by atoms with Crippen LogP contribution in [0.1, 0.15) is 25.0 Å². The van der Waals surface area contributed by atoms with Gasteiger partial charge in [-0.2, -0.15) is 0 Å². The highest BCUT2D eigenvalue weighted by Crippen LogP contribution is 2.54.